The van der Waals surface area contributed by atoms with Gasteiger partial charge in [0, 0.05) is 25.3 Å². The second-order valence-electron chi connectivity index (χ2n) is 9.02. The zero-order valence-electron chi connectivity index (χ0n) is 21.5. The lowest BCUT2D eigenvalue weighted by atomic mass is 10.0. The largest absolute Gasteiger partial charge is 0.744 e. The highest BCUT2D eigenvalue weighted by atomic mass is 32.2. The quantitative estimate of drug-likeness (QED) is 0.176. The molecule has 0 saturated heterocycles. The van der Waals surface area contributed by atoms with Crippen molar-refractivity contribution in [2.24, 2.45) is 0 Å². The number of aryl methyl sites for hydroxylation is 1. The standard InChI is InChI=1S/C25H22NO.C7H8O3S/c1-26(2)23-15-13-19(14-16-23)22-17-24(20-9-5-3-6-10-20)27-25(18-22)21-11-7-4-8-12-21;1-6-2-4-7(5-3-6)11(8,9)10/h3-18H,1-2H3;2-5H,1H3,(H,8,9,10)/q+1;/p-1. The minimum atomic E-state index is -4.27. The molecule has 0 radical (unpaired) electrons. The molecule has 0 spiro atoms. The fourth-order valence-electron chi connectivity index (χ4n) is 3.81. The molecule has 192 valence electrons. The van der Waals surface area contributed by atoms with Crippen LogP contribution in [0.5, 0.6) is 0 Å². The Bertz CT molecular complexity index is 1520. The van der Waals surface area contributed by atoms with Gasteiger partial charge in [-0.25, -0.2) is 12.8 Å². The average Bonchev–Trinajstić information content (AvgIpc) is 2.94. The van der Waals surface area contributed by atoms with Gasteiger partial charge in [-0.2, -0.15) is 0 Å². The van der Waals surface area contributed by atoms with Crippen LogP contribution in [0, 0.1) is 6.92 Å². The molecule has 0 amide bonds. The highest BCUT2D eigenvalue weighted by Crippen LogP contribution is 2.33. The third-order valence-electron chi connectivity index (χ3n) is 5.94. The van der Waals surface area contributed by atoms with Gasteiger partial charge in [0.05, 0.1) is 28.2 Å². The van der Waals surface area contributed by atoms with Crippen LogP contribution in [0.3, 0.4) is 0 Å². The summed E-state index contributed by atoms with van der Waals surface area (Å²) in [5, 5.41) is 0. The van der Waals surface area contributed by atoms with Crippen molar-refractivity contribution in [2.75, 3.05) is 19.0 Å². The molecule has 0 atom stereocenters. The summed E-state index contributed by atoms with van der Waals surface area (Å²) in [4.78, 5) is 1.93. The maximum atomic E-state index is 10.4. The molecule has 5 rings (SSSR count). The summed E-state index contributed by atoms with van der Waals surface area (Å²) in [6.07, 6.45) is 0. The second kappa shape index (κ2) is 11.9. The Labute approximate surface area is 224 Å². The number of anilines is 1. The number of benzene rings is 4. The van der Waals surface area contributed by atoms with Gasteiger partial charge in [0.25, 0.3) is 0 Å². The topological polar surface area (TPSA) is 71.7 Å². The van der Waals surface area contributed by atoms with E-state index < -0.39 is 10.1 Å². The number of rotatable bonds is 5. The van der Waals surface area contributed by atoms with Crippen LogP contribution >= 0.6 is 0 Å². The summed E-state index contributed by atoms with van der Waals surface area (Å²) in [7, 11) is -0.164. The minimum absolute atomic E-state index is 0.178. The first-order chi connectivity index (χ1) is 18.2. The Morgan fingerprint density at radius 2 is 1.08 bits per heavy atom. The Morgan fingerprint density at radius 1 is 0.605 bits per heavy atom. The smallest absolute Gasteiger partial charge is 0.361 e. The third-order valence-corrected chi connectivity index (χ3v) is 6.79. The van der Waals surface area contributed by atoms with E-state index in [4.69, 9.17) is 4.42 Å². The summed E-state index contributed by atoms with van der Waals surface area (Å²) < 4.78 is 37.4. The van der Waals surface area contributed by atoms with Crippen LogP contribution in [0.2, 0.25) is 0 Å². The van der Waals surface area contributed by atoms with Crippen molar-refractivity contribution in [1.29, 1.82) is 0 Å². The van der Waals surface area contributed by atoms with Crippen molar-refractivity contribution in [2.45, 2.75) is 11.8 Å². The summed E-state index contributed by atoms with van der Waals surface area (Å²) >= 11 is 0. The Kier molecular flexibility index (Phi) is 8.36. The van der Waals surface area contributed by atoms with Crippen LogP contribution in [0.15, 0.2) is 131 Å². The number of nitrogens with zero attached hydrogens (tertiary/aromatic N) is 1. The third kappa shape index (κ3) is 6.94. The van der Waals surface area contributed by atoms with Gasteiger partial charge in [-0.15, -0.1) is 0 Å². The zero-order valence-corrected chi connectivity index (χ0v) is 22.4. The van der Waals surface area contributed by atoms with Crippen LogP contribution in [-0.4, -0.2) is 27.1 Å². The Morgan fingerprint density at radius 3 is 1.50 bits per heavy atom. The maximum Gasteiger partial charge on any atom is 0.361 e. The van der Waals surface area contributed by atoms with E-state index in [1.54, 1.807) is 12.1 Å². The second-order valence-corrected chi connectivity index (χ2v) is 10.4. The van der Waals surface area contributed by atoms with E-state index in [-0.39, 0.29) is 4.90 Å². The van der Waals surface area contributed by atoms with E-state index >= 15 is 0 Å². The van der Waals surface area contributed by atoms with Gasteiger partial charge in [0.2, 0.25) is 0 Å². The fourth-order valence-corrected chi connectivity index (χ4v) is 4.28. The van der Waals surface area contributed by atoms with Gasteiger partial charge < -0.3 is 9.45 Å². The lowest BCUT2D eigenvalue weighted by molar-refractivity contribution is 0.463. The van der Waals surface area contributed by atoms with Crippen LogP contribution in [0.4, 0.5) is 5.69 Å². The average molecular weight is 524 g/mol. The predicted octanol–water partition coefficient (Wildman–Crippen LogP) is 7.53. The minimum Gasteiger partial charge on any atom is -0.744 e. The zero-order chi connectivity index (χ0) is 27.1. The SMILES string of the molecule is CN(C)c1ccc(-c2cc(-c3ccccc3)[o+]c(-c3ccccc3)c2)cc1.Cc1ccc(S(=O)(=O)[O-])cc1. The molecule has 0 unspecified atom stereocenters. The molecule has 0 bridgehead atoms. The van der Waals surface area contributed by atoms with Crippen molar-refractivity contribution in [3.8, 4) is 33.8 Å². The van der Waals surface area contributed by atoms with E-state index in [0.717, 1.165) is 33.8 Å². The van der Waals surface area contributed by atoms with Gasteiger partial charge in [-0.05, 0) is 61.0 Å². The molecule has 0 N–H and O–H groups in total. The first-order valence-corrected chi connectivity index (χ1v) is 13.5. The molecule has 5 nitrogen and oxygen atoms in total. The van der Waals surface area contributed by atoms with Crippen molar-refractivity contribution in [3.05, 3.63) is 127 Å². The highest BCUT2D eigenvalue weighted by molar-refractivity contribution is 7.85. The van der Waals surface area contributed by atoms with Crippen molar-refractivity contribution >= 4 is 15.8 Å². The molecule has 1 aromatic heterocycles. The van der Waals surface area contributed by atoms with Gasteiger partial charge in [-0.3, -0.25) is 0 Å². The summed E-state index contributed by atoms with van der Waals surface area (Å²) in [5.41, 5.74) is 6.57. The molecule has 0 saturated carbocycles. The van der Waals surface area contributed by atoms with Gasteiger partial charge >= 0.3 is 11.5 Å². The summed E-state index contributed by atoms with van der Waals surface area (Å²) in [6.45, 7) is 1.82. The van der Waals surface area contributed by atoms with E-state index in [1.165, 1.54) is 23.4 Å². The summed E-state index contributed by atoms with van der Waals surface area (Å²) in [5.74, 6) is 1.73. The molecule has 38 heavy (non-hydrogen) atoms. The number of hydrogen-bond acceptors (Lipinski definition) is 4. The van der Waals surface area contributed by atoms with Gasteiger partial charge in [0.15, 0.2) is 0 Å². The molecule has 0 fully saturated rings. The van der Waals surface area contributed by atoms with E-state index in [1.807, 2.05) is 43.3 Å². The highest BCUT2D eigenvalue weighted by Gasteiger charge is 2.20. The predicted molar refractivity (Wildman–Crippen MR) is 153 cm³/mol. The molecule has 0 aliphatic heterocycles. The number of hydrogen-bond donors (Lipinski definition) is 0. The fraction of sp³-hybridized carbons (Fsp3) is 0.0938. The van der Waals surface area contributed by atoms with E-state index in [2.05, 4.69) is 79.7 Å². The first kappa shape index (κ1) is 26.8. The molecule has 0 aliphatic rings. The van der Waals surface area contributed by atoms with Gasteiger partial charge in [0.1, 0.15) is 10.1 Å². The van der Waals surface area contributed by atoms with Gasteiger partial charge in [-0.1, -0.05) is 66.2 Å². The molecule has 0 aliphatic carbocycles. The van der Waals surface area contributed by atoms with E-state index in [0.29, 0.717) is 0 Å². The molecule has 1 heterocycles. The monoisotopic (exact) mass is 523 g/mol. The Hall–Kier alpha value is -4.26. The summed E-state index contributed by atoms with van der Waals surface area (Å²) in [6, 6.07) is 39.1. The molecule has 5 aromatic rings. The van der Waals surface area contributed by atoms with Crippen molar-refractivity contribution < 1.29 is 17.4 Å². The van der Waals surface area contributed by atoms with Crippen molar-refractivity contribution in [3.63, 3.8) is 0 Å². The molecular weight excluding hydrogens is 494 g/mol. The molecular formula is C32H29NO4S. The molecule has 4 aromatic carbocycles. The Balaban J connectivity index is 0.000000257. The maximum absolute atomic E-state index is 10.4. The lowest BCUT2D eigenvalue weighted by Gasteiger charge is -2.12. The van der Waals surface area contributed by atoms with E-state index in [9.17, 15) is 13.0 Å². The molecule has 6 heteroatoms. The van der Waals surface area contributed by atoms with Crippen LogP contribution < -0.4 is 4.90 Å². The normalized spacial score (nSPS) is 10.8. The van der Waals surface area contributed by atoms with Crippen molar-refractivity contribution in [1.82, 2.24) is 0 Å². The lowest BCUT2D eigenvalue weighted by Crippen LogP contribution is -2.07. The van der Waals surface area contributed by atoms with Crippen LogP contribution in [0.25, 0.3) is 33.8 Å². The first-order valence-electron chi connectivity index (χ1n) is 12.1. The van der Waals surface area contributed by atoms with Crippen LogP contribution in [0.1, 0.15) is 5.56 Å². The van der Waals surface area contributed by atoms with Crippen LogP contribution in [-0.2, 0) is 10.1 Å².